The van der Waals surface area contributed by atoms with E-state index in [4.69, 9.17) is 23.2 Å². The molecule has 20 heavy (non-hydrogen) atoms. The summed E-state index contributed by atoms with van der Waals surface area (Å²) in [6, 6.07) is 3.82. The zero-order valence-corrected chi connectivity index (χ0v) is 14.6. The van der Waals surface area contributed by atoms with Crippen LogP contribution in [-0.4, -0.2) is 36.0 Å². The minimum atomic E-state index is 0.823. The van der Waals surface area contributed by atoms with E-state index in [-0.39, 0.29) is 0 Å². The van der Waals surface area contributed by atoms with Crippen LogP contribution in [0.5, 0.6) is 0 Å². The van der Waals surface area contributed by atoms with E-state index in [9.17, 15) is 0 Å². The summed E-state index contributed by atoms with van der Waals surface area (Å²) in [7, 11) is 0. The highest BCUT2D eigenvalue weighted by atomic mass is 35.5. The topological polar surface area (TPSA) is 6.48 Å². The standard InChI is InChI=1S/C16H26Cl2N2/c1-5-19(6-2)11-13-14(12-20(7-3)8-4)16(18)10-9-15(13)17/h9-10H,5-8,11-12H2,1-4H3. The second-order valence-corrected chi connectivity index (χ2v) is 5.72. The fourth-order valence-corrected chi connectivity index (χ4v) is 2.79. The maximum Gasteiger partial charge on any atom is 0.0455 e. The molecule has 114 valence electrons. The Balaban J connectivity index is 3.10. The lowest BCUT2D eigenvalue weighted by Crippen LogP contribution is -2.26. The first-order valence-electron chi connectivity index (χ1n) is 7.47. The Kier molecular flexibility index (Phi) is 7.90. The summed E-state index contributed by atoms with van der Waals surface area (Å²) in [6.45, 7) is 14.5. The van der Waals surface area contributed by atoms with Gasteiger partial charge in [0.05, 0.1) is 0 Å². The van der Waals surface area contributed by atoms with Crippen molar-refractivity contribution in [2.24, 2.45) is 0 Å². The molecule has 1 aromatic carbocycles. The molecule has 0 amide bonds. The lowest BCUT2D eigenvalue weighted by molar-refractivity contribution is 0.280. The predicted octanol–water partition coefficient (Wildman–Crippen LogP) is 4.68. The Morgan fingerprint density at radius 1 is 0.700 bits per heavy atom. The molecule has 4 heteroatoms. The third-order valence-electron chi connectivity index (χ3n) is 3.87. The molecule has 0 bridgehead atoms. The van der Waals surface area contributed by atoms with Crippen LogP contribution in [0, 0.1) is 0 Å². The van der Waals surface area contributed by atoms with Gasteiger partial charge < -0.3 is 0 Å². The fraction of sp³-hybridized carbons (Fsp3) is 0.625. The van der Waals surface area contributed by atoms with E-state index >= 15 is 0 Å². The van der Waals surface area contributed by atoms with E-state index in [0.29, 0.717) is 0 Å². The first-order chi connectivity index (χ1) is 9.57. The van der Waals surface area contributed by atoms with E-state index in [1.807, 2.05) is 12.1 Å². The van der Waals surface area contributed by atoms with Crippen LogP contribution >= 0.6 is 23.2 Å². The van der Waals surface area contributed by atoms with Crippen molar-refractivity contribution in [3.05, 3.63) is 33.3 Å². The average Bonchev–Trinajstić information content (AvgIpc) is 2.47. The van der Waals surface area contributed by atoms with Crippen LogP contribution in [0.1, 0.15) is 38.8 Å². The van der Waals surface area contributed by atoms with Crippen molar-refractivity contribution in [2.75, 3.05) is 26.2 Å². The second kappa shape index (κ2) is 8.89. The van der Waals surface area contributed by atoms with Gasteiger partial charge in [0, 0.05) is 23.1 Å². The largest absolute Gasteiger partial charge is 0.300 e. The van der Waals surface area contributed by atoms with E-state index in [1.165, 1.54) is 11.1 Å². The summed E-state index contributed by atoms with van der Waals surface area (Å²) in [5, 5.41) is 1.65. The molecule has 0 fully saturated rings. The second-order valence-electron chi connectivity index (χ2n) is 4.91. The van der Waals surface area contributed by atoms with Gasteiger partial charge in [0.1, 0.15) is 0 Å². The Hall–Kier alpha value is -0.280. The van der Waals surface area contributed by atoms with Gasteiger partial charge >= 0.3 is 0 Å². The third kappa shape index (κ3) is 4.63. The number of halogens is 2. The van der Waals surface area contributed by atoms with Gasteiger partial charge in [0.25, 0.3) is 0 Å². The number of benzene rings is 1. The average molecular weight is 317 g/mol. The Bertz CT molecular complexity index is 374. The van der Waals surface area contributed by atoms with E-state index in [2.05, 4.69) is 37.5 Å². The molecule has 0 spiro atoms. The van der Waals surface area contributed by atoms with Crippen molar-refractivity contribution in [3.8, 4) is 0 Å². The van der Waals surface area contributed by atoms with Crippen LogP contribution in [0.25, 0.3) is 0 Å². The minimum absolute atomic E-state index is 0.823. The normalized spacial score (nSPS) is 11.6. The molecule has 0 aromatic heterocycles. The van der Waals surface area contributed by atoms with Gasteiger partial charge in [-0.15, -0.1) is 0 Å². The first kappa shape index (κ1) is 17.8. The zero-order chi connectivity index (χ0) is 15.1. The molecule has 0 aliphatic carbocycles. The third-order valence-corrected chi connectivity index (χ3v) is 4.58. The van der Waals surface area contributed by atoms with Crippen molar-refractivity contribution < 1.29 is 0 Å². The summed E-state index contributed by atoms with van der Waals surface area (Å²) in [6.07, 6.45) is 0. The molecule has 0 saturated carbocycles. The summed E-state index contributed by atoms with van der Waals surface area (Å²) >= 11 is 12.9. The molecule has 0 N–H and O–H groups in total. The Labute approximate surface area is 133 Å². The lowest BCUT2D eigenvalue weighted by Gasteiger charge is -2.25. The molecular weight excluding hydrogens is 291 g/mol. The van der Waals surface area contributed by atoms with Gasteiger partial charge in [-0.05, 0) is 49.4 Å². The van der Waals surface area contributed by atoms with E-state index < -0.39 is 0 Å². The first-order valence-corrected chi connectivity index (χ1v) is 8.23. The van der Waals surface area contributed by atoms with Gasteiger partial charge in [-0.3, -0.25) is 9.80 Å². The van der Waals surface area contributed by atoms with Gasteiger partial charge in [-0.25, -0.2) is 0 Å². The molecule has 1 aromatic rings. The molecule has 0 radical (unpaired) electrons. The van der Waals surface area contributed by atoms with Gasteiger partial charge in [-0.1, -0.05) is 50.9 Å². The van der Waals surface area contributed by atoms with Gasteiger partial charge in [0.2, 0.25) is 0 Å². The van der Waals surface area contributed by atoms with Crippen molar-refractivity contribution in [3.63, 3.8) is 0 Å². The van der Waals surface area contributed by atoms with Crippen LogP contribution in [0.4, 0.5) is 0 Å². The van der Waals surface area contributed by atoms with Gasteiger partial charge in [-0.2, -0.15) is 0 Å². The quantitative estimate of drug-likeness (QED) is 0.687. The Morgan fingerprint density at radius 3 is 1.25 bits per heavy atom. The molecule has 0 aliphatic heterocycles. The summed E-state index contributed by atoms with van der Waals surface area (Å²) in [5.41, 5.74) is 2.35. The maximum absolute atomic E-state index is 6.43. The lowest BCUT2D eigenvalue weighted by atomic mass is 10.1. The molecule has 0 heterocycles. The van der Waals surface area contributed by atoms with Crippen molar-refractivity contribution in [2.45, 2.75) is 40.8 Å². The fourth-order valence-electron chi connectivity index (χ4n) is 2.32. The maximum atomic E-state index is 6.43. The van der Waals surface area contributed by atoms with E-state index in [0.717, 1.165) is 49.3 Å². The van der Waals surface area contributed by atoms with E-state index in [1.54, 1.807) is 0 Å². The molecule has 0 aliphatic rings. The smallest absolute Gasteiger partial charge is 0.0455 e. The monoisotopic (exact) mass is 316 g/mol. The molecule has 2 nitrogen and oxygen atoms in total. The Morgan fingerprint density at radius 2 is 1.00 bits per heavy atom. The van der Waals surface area contributed by atoms with Crippen LogP contribution in [0.3, 0.4) is 0 Å². The van der Waals surface area contributed by atoms with Crippen LogP contribution in [0.15, 0.2) is 12.1 Å². The van der Waals surface area contributed by atoms with Gasteiger partial charge in [0.15, 0.2) is 0 Å². The van der Waals surface area contributed by atoms with Crippen LogP contribution < -0.4 is 0 Å². The van der Waals surface area contributed by atoms with Crippen LogP contribution in [-0.2, 0) is 13.1 Å². The molecule has 0 saturated heterocycles. The highest BCUT2D eigenvalue weighted by Gasteiger charge is 2.15. The summed E-state index contributed by atoms with van der Waals surface area (Å²) in [4.78, 5) is 4.73. The number of hydrogen-bond donors (Lipinski definition) is 0. The molecule has 1 rings (SSSR count). The minimum Gasteiger partial charge on any atom is -0.300 e. The molecule has 0 unspecified atom stereocenters. The highest BCUT2D eigenvalue weighted by molar-refractivity contribution is 6.34. The summed E-state index contributed by atoms with van der Waals surface area (Å²) in [5.74, 6) is 0. The van der Waals surface area contributed by atoms with Crippen molar-refractivity contribution in [1.29, 1.82) is 0 Å². The van der Waals surface area contributed by atoms with Crippen LogP contribution in [0.2, 0.25) is 10.0 Å². The molecular formula is C16H26Cl2N2. The van der Waals surface area contributed by atoms with Crippen molar-refractivity contribution >= 4 is 23.2 Å². The highest BCUT2D eigenvalue weighted by Crippen LogP contribution is 2.29. The van der Waals surface area contributed by atoms with Crippen molar-refractivity contribution in [1.82, 2.24) is 9.80 Å². The number of hydrogen-bond acceptors (Lipinski definition) is 2. The summed E-state index contributed by atoms with van der Waals surface area (Å²) < 4.78 is 0. The predicted molar refractivity (Wildman–Crippen MR) is 89.7 cm³/mol. The number of rotatable bonds is 8. The molecule has 0 atom stereocenters. The number of nitrogens with zero attached hydrogens (tertiary/aromatic N) is 2. The zero-order valence-electron chi connectivity index (χ0n) is 13.0. The SMILES string of the molecule is CCN(CC)Cc1c(Cl)ccc(Cl)c1CN(CC)CC.